The molecule has 1 aliphatic rings. The number of hydrogen-bond acceptors (Lipinski definition) is 6. The van der Waals surface area contributed by atoms with Gasteiger partial charge in [-0.3, -0.25) is 4.98 Å². The van der Waals surface area contributed by atoms with Crippen molar-refractivity contribution in [3.63, 3.8) is 0 Å². The fraction of sp³-hybridized carbons (Fsp3) is 0.733. The highest BCUT2D eigenvalue weighted by Crippen LogP contribution is 2.21. The van der Waals surface area contributed by atoms with E-state index in [4.69, 9.17) is 9.47 Å². The lowest BCUT2D eigenvalue weighted by Crippen LogP contribution is -2.27. The molecule has 0 aliphatic carbocycles. The third kappa shape index (κ3) is 4.36. The zero-order valence-electron chi connectivity index (χ0n) is 13.4. The molecule has 1 fully saturated rings. The van der Waals surface area contributed by atoms with Crippen molar-refractivity contribution in [1.29, 1.82) is 0 Å². The number of anilines is 1. The summed E-state index contributed by atoms with van der Waals surface area (Å²) in [7, 11) is 3.44. The first kappa shape index (κ1) is 16.1. The molecule has 6 heteroatoms. The van der Waals surface area contributed by atoms with Crippen LogP contribution in [-0.4, -0.2) is 56.0 Å². The highest BCUT2D eigenvalue weighted by Gasteiger charge is 2.33. The lowest BCUT2D eigenvalue weighted by Gasteiger charge is -2.17. The summed E-state index contributed by atoms with van der Waals surface area (Å²) in [6, 6.07) is 0. The van der Waals surface area contributed by atoms with Crippen LogP contribution in [0.3, 0.4) is 0 Å². The van der Waals surface area contributed by atoms with E-state index in [-0.39, 0.29) is 12.2 Å². The fourth-order valence-corrected chi connectivity index (χ4v) is 2.51. The van der Waals surface area contributed by atoms with Gasteiger partial charge in [0.2, 0.25) is 0 Å². The Morgan fingerprint density at radius 2 is 1.90 bits per heavy atom. The molecule has 0 spiro atoms. The van der Waals surface area contributed by atoms with Crippen LogP contribution in [0.2, 0.25) is 0 Å². The van der Waals surface area contributed by atoms with Crippen LogP contribution in [0.4, 0.5) is 5.82 Å². The van der Waals surface area contributed by atoms with Crippen molar-refractivity contribution < 1.29 is 9.47 Å². The highest BCUT2D eigenvalue weighted by atomic mass is 16.5. The second kappa shape index (κ2) is 7.68. The number of aromatic nitrogens is 2. The van der Waals surface area contributed by atoms with Gasteiger partial charge in [-0.2, -0.15) is 0 Å². The molecule has 6 nitrogen and oxygen atoms in total. The molecule has 21 heavy (non-hydrogen) atoms. The minimum absolute atomic E-state index is 0.0829. The molecule has 1 saturated heterocycles. The van der Waals surface area contributed by atoms with Crippen LogP contribution < -0.4 is 10.2 Å². The average Bonchev–Trinajstić information content (AvgIpc) is 2.90. The molecule has 1 aromatic rings. The number of ether oxygens (including phenoxy) is 2. The number of nitrogens with one attached hydrogen (secondary N) is 1. The second-order valence-electron chi connectivity index (χ2n) is 5.85. The Morgan fingerprint density at radius 1 is 1.24 bits per heavy atom. The number of methoxy groups -OCH3 is 2. The first-order valence-corrected chi connectivity index (χ1v) is 7.46. The molecule has 1 aromatic heterocycles. The molecule has 0 amide bonds. The van der Waals surface area contributed by atoms with Crippen molar-refractivity contribution in [3.8, 4) is 0 Å². The van der Waals surface area contributed by atoms with Crippen LogP contribution in [0.25, 0.3) is 0 Å². The highest BCUT2D eigenvalue weighted by molar-refractivity contribution is 5.39. The van der Waals surface area contributed by atoms with E-state index in [2.05, 4.69) is 34.0 Å². The summed E-state index contributed by atoms with van der Waals surface area (Å²) in [6.07, 6.45) is 3.78. The Hall–Kier alpha value is -1.24. The Balaban J connectivity index is 1.97. The van der Waals surface area contributed by atoms with Gasteiger partial charge < -0.3 is 19.7 Å². The molecule has 0 saturated carbocycles. The largest absolute Gasteiger partial charge is 0.377 e. The molecular formula is C15H26N4O2. The van der Waals surface area contributed by atoms with E-state index in [1.54, 1.807) is 20.4 Å². The van der Waals surface area contributed by atoms with Gasteiger partial charge >= 0.3 is 0 Å². The quantitative estimate of drug-likeness (QED) is 0.812. The van der Waals surface area contributed by atoms with Crippen molar-refractivity contribution >= 4 is 5.82 Å². The van der Waals surface area contributed by atoms with Crippen molar-refractivity contribution in [2.75, 3.05) is 38.8 Å². The van der Waals surface area contributed by atoms with E-state index < -0.39 is 0 Å². The number of rotatable bonds is 7. The first-order valence-electron chi connectivity index (χ1n) is 7.46. The van der Waals surface area contributed by atoms with Crippen molar-refractivity contribution in [2.45, 2.75) is 32.6 Å². The Bertz CT molecular complexity index is 429. The maximum atomic E-state index is 5.46. The third-order valence-corrected chi connectivity index (χ3v) is 3.68. The smallest absolute Gasteiger partial charge is 0.147 e. The van der Waals surface area contributed by atoms with Crippen LogP contribution in [-0.2, 0) is 16.0 Å². The Morgan fingerprint density at radius 3 is 2.48 bits per heavy atom. The van der Waals surface area contributed by atoms with E-state index in [9.17, 15) is 0 Å². The van der Waals surface area contributed by atoms with Gasteiger partial charge in [0.05, 0.1) is 11.9 Å². The summed E-state index contributed by atoms with van der Waals surface area (Å²) >= 11 is 0. The zero-order valence-corrected chi connectivity index (χ0v) is 13.4. The molecule has 1 aliphatic heterocycles. The van der Waals surface area contributed by atoms with Crippen LogP contribution in [0.15, 0.2) is 12.4 Å². The van der Waals surface area contributed by atoms with Gasteiger partial charge in [0.25, 0.3) is 0 Å². The maximum Gasteiger partial charge on any atom is 0.147 e. The van der Waals surface area contributed by atoms with Crippen molar-refractivity contribution in [1.82, 2.24) is 15.3 Å². The Kier molecular flexibility index (Phi) is 5.90. The van der Waals surface area contributed by atoms with E-state index in [0.717, 1.165) is 37.7 Å². The lowest BCUT2D eigenvalue weighted by atomic mass is 10.2. The van der Waals surface area contributed by atoms with Gasteiger partial charge in [-0.25, -0.2) is 4.98 Å². The molecule has 2 atom stereocenters. The monoisotopic (exact) mass is 294 g/mol. The standard InChI is InChI=1S/C15H26N4O2/c1-11(2)5-16-6-12-7-17-8-15(18-12)19-9-13(20-3)14(10-19)21-4/h7-8,11,13-14,16H,5-6,9-10H2,1-4H3. The van der Waals surface area contributed by atoms with Crippen molar-refractivity contribution in [3.05, 3.63) is 18.1 Å². The normalized spacial score (nSPS) is 22.2. The molecule has 0 aromatic carbocycles. The van der Waals surface area contributed by atoms with Gasteiger partial charge in [0.1, 0.15) is 18.0 Å². The summed E-state index contributed by atoms with van der Waals surface area (Å²) < 4.78 is 10.9. The van der Waals surface area contributed by atoms with Crippen LogP contribution in [0, 0.1) is 5.92 Å². The fourth-order valence-electron chi connectivity index (χ4n) is 2.51. The Labute approximate surface area is 126 Å². The molecule has 0 radical (unpaired) electrons. The molecular weight excluding hydrogens is 268 g/mol. The second-order valence-corrected chi connectivity index (χ2v) is 5.85. The van der Waals surface area contributed by atoms with Crippen LogP contribution in [0.5, 0.6) is 0 Å². The summed E-state index contributed by atoms with van der Waals surface area (Å²) in [5.74, 6) is 1.52. The van der Waals surface area contributed by atoms with E-state index in [1.807, 2.05) is 6.20 Å². The average molecular weight is 294 g/mol. The zero-order chi connectivity index (χ0) is 15.2. The molecule has 0 bridgehead atoms. The summed E-state index contributed by atoms with van der Waals surface area (Å²) in [4.78, 5) is 11.1. The van der Waals surface area contributed by atoms with Crippen LogP contribution in [0.1, 0.15) is 19.5 Å². The third-order valence-electron chi connectivity index (χ3n) is 3.68. The molecule has 2 heterocycles. The van der Waals surface area contributed by atoms with Gasteiger partial charge in [-0.15, -0.1) is 0 Å². The minimum atomic E-state index is 0.0829. The molecule has 2 rings (SSSR count). The predicted octanol–water partition coefficient (Wildman–Crippen LogP) is 1.07. The van der Waals surface area contributed by atoms with Crippen molar-refractivity contribution in [2.24, 2.45) is 5.92 Å². The number of hydrogen-bond donors (Lipinski definition) is 1. The molecule has 2 unspecified atom stereocenters. The topological polar surface area (TPSA) is 59.5 Å². The summed E-state index contributed by atoms with van der Waals surface area (Å²) in [5.41, 5.74) is 0.961. The SMILES string of the molecule is COC1CN(c2cncc(CNCC(C)C)n2)CC1OC. The van der Waals surface area contributed by atoms with Crippen LogP contribution >= 0.6 is 0 Å². The molecule has 118 valence electrons. The molecule has 1 N–H and O–H groups in total. The number of nitrogens with zero attached hydrogens (tertiary/aromatic N) is 3. The van der Waals surface area contributed by atoms with Gasteiger partial charge in [0.15, 0.2) is 0 Å². The van der Waals surface area contributed by atoms with E-state index >= 15 is 0 Å². The summed E-state index contributed by atoms with van der Waals surface area (Å²) in [5, 5.41) is 3.39. The van der Waals surface area contributed by atoms with Gasteiger partial charge in [-0.1, -0.05) is 13.8 Å². The van der Waals surface area contributed by atoms with E-state index in [1.165, 1.54) is 0 Å². The first-order chi connectivity index (χ1) is 10.1. The summed E-state index contributed by atoms with van der Waals surface area (Å²) in [6.45, 7) is 7.67. The maximum absolute atomic E-state index is 5.46. The van der Waals surface area contributed by atoms with Gasteiger partial charge in [0, 0.05) is 40.1 Å². The predicted molar refractivity (Wildman–Crippen MR) is 82.4 cm³/mol. The minimum Gasteiger partial charge on any atom is -0.377 e. The van der Waals surface area contributed by atoms with Gasteiger partial charge in [-0.05, 0) is 12.5 Å². The van der Waals surface area contributed by atoms with E-state index in [0.29, 0.717) is 5.92 Å². The lowest BCUT2D eigenvalue weighted by molar-refractivity contribution is -0.00461.